The van der Waals surface area contributed by atoms with E-state index in [1.54, 1.807) is 4.90 Å². The quantitative estimate of drug-likeness (QED) is 0.301. The lowest BCUT2D eigenvalue weighted by Crippen LogP contribution is -2.56. The van der Waals surface area contributed by atoms with E-state index in [9.17, 15) is 24.4 Å². The first kappa shape index (κ1) is 24.6. The average molecular weight is 434 g/mol. The van der Waals surface area contributed by atoms with Crippen molar-refractivity contribution in [2.24, 2.45) is 0 Å². The molecular weight excluding hydrogens is 403 g/mol. The lowest BCUT2D eigenvalue weighted by molar-refractivity contribution is -0.138. The van der Waals surface area contributed by atoms with Gasteiger partial charge in [-0.1, -0.05) is 30.3 Å². The lowest BCUT2D eigenvalue weighted by atomic mass is 9.76. The first-order valence-corrected chi connectivity index (χ1v) is 10.4. The van der Waals surface area contributed by atoms with Crippen LogP contribution in [-0.2, 0) is 20.7 Å². The Balaban J connectivity index is 1.95. The summed E-state index contributed by atoms with van der Waals surface area (Å²) in [5, 5.41) is 26.8. The number of hydrogen-bond acceptors (Lipinski definition) is 6. The van der Waals surface area contributed by atoms with E-state index in [-0.39, 0.29) is 12.3 Å². The van der Waals surface area contributed by atoms with Crippen LogP contribution >= 0.6 is 0 Å². The van der Waals surface area contributed by atoms with Gasteiger partial charge in [0.2, 0.25) is 11.8 Å². The van der Waals surface area contributed by atoms with Crippen molar-refractivity contribution in [3.05, 3.63) is 35.9 Å². The molecule has 1 aliphatic rings. The van der Waals surface area contributed by atoms with Crippen molar-refractivity contribution in [2.45, 2.75) is 37.7 Å². The summed E-state index contributed by atoms with van der Waals surface area (Å²) in [4.78, 5) is 38.7. The maximum atomic E-state index is 12.8. The molecule has 1 unspecified atom stereocenters. The van der Waals surface area contributed by atoms with Gasteiger partial charge in [-0.3, -0.25) is 9.59 Å². The Morgan fingerprint density at radius 3 is 2.42 bits per heavy atom. The third kappa shape index (κ3) is 8.56. The van der Waals surface area contributed by atoms with Crippen LogP contribution in [0.3, 0.4) is 0 Å². The van der Waals surface area contributed by atoms with E-state index >= 15 is 0 Å². The van der Waals surface area contributed by atoms with Gasteiger partial charge in [0.1, 0.15) is 6.04 Å². The Morgan fingerprint density at radius 1 is 1.13 bits per heavy atom. The highest BCUT2D eigenvalue weighted by Crippen LogP contribution is 2.09. The zero-order valence-electron chi connectivity index (χ0n) is 17.8. The van der Waals surface area contributed by atoms with E-state index in [1.807, 2.05) is 30.3 Å². The number of amides is 4. The van der Waals surface area contributed by atoms with Crippen LogP contribution in [0.25, 0.3) is 0 Å². The second-order valence-electron chi connectivity index (χ2n) is 7.38. The monoisotopic (exact) mass is 434 g/mol. The number of hydrogen-bond donors (Lipinski definition) is 5. The van der Waals surface area contributed by atoms with Gasteiger partial charge in [0.15, 0.2) is 0 Å². The molecule has 0 bridgehead atoms. The van der Waals surface area contributed by atoms with Crippen molar-refractivity contribution < 1.29 is 29.2 Å². The minimum absolute atomic E-state index is 0.239. The Morgan fingerprint density at radius 2 is 1.81 bits per heavy atom. The molecule has 170 valence electrons. The van der Waals surface area contributed by atoms with E-state index in [0.717, 1.165) is 12.0 Å². The number of carbonyl (C=O) groups is 3. The van der Waals surface area contributed by atoms with E-state index in [2.05, 4.69) is 16.0 Å². The second-order valence-corrected chi connectivity index (χ2v) is 7.38. The molecule has 31 heavy (non-hydrogen) atoms. The average Bonchev–Trinajstić information content (AvgIpc) is 2.78. The third-order valence-corrected chi connectivity index (χ3v) is 5.10. The Bertz CT molecular complexity index is 715. The van der Waals surface area contributed by atoms with E-state index in [4.69, 9.17) is 4.74 Å². The number of aryl methyl sites for hydroxylation is 1. The highest BCUT2D eigenvalue weighted by Gasteiger charge is 2.31. The summed E-state index contributed by atoms with van der Waals surface area (Å²) in [5.41, 5.74) is 1.11. The molecule has 10 nitrogen and oxygen atoms in total. The molecule has 11 heteroatoms. The topological polar surface area (TPSA) is 140 Å². The standard InChI is InChI=1S/C20H31BN4O6/c1-22-20(28)23-16(14-18(26)25-10-12-31-13-11-25)19(27)24-17(21(29)30)9-5-8-15-6-3-2-4-7-15/h2-4,6-7,16-17,29-30H,5,8-14H2,1H3,(H,24,27)(H2,22,23,28)/t16?,17-/m0/s1. The van der Waals surface area contributed by atoms with Gasteiger partial charge in [-0.05, 0) is 24.8 Å². The fourth-order valence-corrected chi connectivity index (χ4v) is 3.31. The number of urea groups is 1. The zero-order chi connectivity index (χ0) is 22.6. The van der Waals surface area contributed by atoms with Gasteiger partial charge in [-0.2, -0.15) is 0 Å². The van der Waals surface area contributed by atoms with E-state index in [0.29, 0.717) is 39.1 Å². The summed E-state index contributed by atoms with van der Waals surface area (Å²) < 4.78 is 5.22. The fraction of sp³-hybridized carbons (Fsp3) is 0.550. The molecule has 0 radical (unpaired) electrons. The first-order chi connectivity index (χ1) is 14.9. The summed E-state index contributed by atoms with van der Waals surface area (Å²) in [6.45, 7) is 1.69. The number of nitrogens with one attached hydrogen (secondary N) is 3. The number of rotatable bonds is 10. The molecular formula is C20H31BN4O6. The maximum absolute atomic E-state index is 12.8. The third-order valence-electron chi connectivity index (χ3n) is 5.10. The Labute approximate surface area is 182 Å². The summed E-state index contributed by atoms with van der Waals surface area (Å²) in [7, 11) is -0.367. The number of benzene rings is 1. The highest BCUT2D eigenvalue weighted by atomic mass is 16.5. The molecule has 0 spiro atoms. The van der Waals surface area contributed by atoms with Crippen molar-refractivity contribution in [2.75, 3.05) is 33.4 Å². The van der Waals surface area contributed by atoms with Gasteiger partial charge >= 0.3 is 13.1 Å². The number of carbonyl (C=O) groups excluding carboxylic acids is 3. The second kappa shape index (κ2) is 12.9. The summed E-state index contributed by atoms with van der Waals surface area (Å²) in [5.74, 6) is -1.86. The molecule has 1 aliphatic heterocycles. The molecule has 1 saturated heterocycles. The molecule has 2 rings (SSSR count). The summed E-state index contributed by atoms with van der Waals surface area (Å²) in [6, 6.07) is 7.96. The van der Waals surface area contributed by atoms with Crippen LogP contribution in [0.15, 0.2) is 30.3 Å². The summed E-state index contributed by atoms with van der Waals surface area (Å²) >= 11 is 0. The van der Waals surface area contributed by atoms with Crippen LogP contribution in [0.5, 0.6) is 0 Å². The number of ether oxygens (including phenoxy) is 1. The van der Waals surface area contributed by atoms with Crippen molar-refractivity contribution in [1.82, 2.24) is 20.9 Å². The van der Waals surface area contributed by atoms with Crippen LogP contribution in [0.4, 0.5) is 4.79 Å². The SMILES string of the molecule is CNC(=O)NC(CC(=O)N1CCOCC1)C(=O)N[C@@H](CCCc1ccccc1)B(O)O. The minimum atomic E-state index is -1.77. The molecule has 1 aromatic carbocycles. The lowest BCUT2D eigenvalue weighted by Gasteiger charge is -2.29. The molecule has 0 aromatic heterocycles. The van der Waals surface area contributed by atoms with Gasteiger partial charge in [-0.25, -0.2) is 4.79 Å². The van der Waals surface area contributed by atoms with Crippen molar-refractivity contribution >= 4 is 25.0 Å². The molecule has 1 heterocycles. The molecule has 0 saturated carbocycles. The van der Waals surface area contributed by atoms with Crippen LogP contribution < -0.4 is 16.0 Å². The molecule has 2 atom stereocenters. The van der Waals surface area contributed by atoms with Crippen LogP contribution in [-0.4, -0.2) is 85.2 Å². The largest absolute Gasteiger partial charge is 0.475 e. The highest BCUT2D eigenvalue weighted by molar-refractivity contribution is 6.43. The first-order valence-electron chi connectivity index (χ1n) is 10.4. The zero-order valence-corrected chi connectivity index (χ0v) is 17.8. The van der Waals surface area contributed by atoms with Crippen molar-refractivity contribution in [1.29, 1.82) is 0 Å². The maximum Gasteiger partial charge on any atom is 0.475 e. The molecule has 5 N–H and O–H groups in total. The number of nitrogens with zero attached hydrogens (tertiary/aromatic N) is 1. The van der Waals surface area contributed by atoms with Gasteiger partial charge in [-0.15, -0.1) is 0 Å². The molecule has 1 fully saturated rings. The van der Waals surface area contributed by atoms with Crippen LogP contribution in [0.2, 0.25) is 0 Å². The van der Waals surface area contributed by atoms with Gasteiger partial charge in [0, 0.05) is 20.1 Å². The smallest absolute Gasteiger partial charge is 0.426 e. The Hall–Kier alpha value is -2.63. The summed E-state index contributed by atoms with van der Waals surface area (Å²) in [6.07, 6.45) is 1.42. The predicted molar refractivity (Wildman–Crippen MR) is 115 cm³/mol. The molecule has 0 aliphatic carbocycles. The van der Waals surface area contributed by atoms with E-state index < -0.39 is 31.0 Å². The van der Waals surface area contributed by atoms with Crippen LogP contribution in [0, 0.1) is 0 Å². The fourth-order valence-electron chi connectivity index (χ4n) is 3.31. The van der Waals surface area contributed by atoms with Gasteiger partial charge < -0.3 is 35.6 Å². The molecule has 4 amide bonds. The van der Waals surface area contributed by atoms with Crippen LogP contribution in [0.1, 0.15) is 24.8 Å². The minimum Gasteiger partial charge on any atom is -0.426 e. The number of morpholine rings is 1. The normalized spacial score (nSPS) is 15.5. The predicted octanol–water partition coefficient (Wildman–Crippen LogP) is -0.947. The Kier molecular flexibility index (Phi) is 10.3. The van der Waals surface area contributed by atoms with Crippen molar-refractivity contribution in [3.63, 3.8) is 0 Å². The molecule has 1 aromatic rings. The van der Waals surface area contributed by atoms with Gasteiger partial charge in [0.25, 0.3) is 0 Å². The van der Waals surface area contributed by atoms with Gasteiger partial charge in [0.05, 0.1) is 25.6 Å². The van der Waals surface area contributed by atoms with E-state index in [1.165, 1.54) is 7.05 Å². The van der Waals surface area contributed by atoms with Crippen molar-refractivity contribution in [3.8, 4) is 0 Å².